The Morgan fingerprint density at radius 2 is 2.00 bits per heavy atom. The average Bonchev–Trinajstić information content (AvgIpc) is 2.14. The van der Waals surface area contributed by atoms with Crippen molar-refractivity contribution in [2.75, 3.05) is 19.6 Å². The van der Waals surface area contributed by atoms with Crippen molar-refractivity contribution < 1.29 is 14.7 Å². The number of carbonyl (C=O) groups is 2. The Labute approximate surface area is 102 Å². The summed E-state index contributed by atoms with van der Waals surface area (Å²) in [5.74, 6) is -0.897. The van der Waals surface area contributed by atoms with Gasteiger partial charge in [-0.2, -0.15) is 0 Å². The lowest BCUT2D eigenvalue weighted by Crippen LogP contribution is -2.54. The Morgan fingerprint density at radius 1 is 1.41 bits per heavy atom. The summed E-state index contributed by atoms with van der Waals surface area (Å²) in [7, 11) is 0. The highest BCUT2D eigenvalue weighted by molar-refractivity contribution is 5.78. The highest BCUT2D eigenvalue weighted by Gasteiger charge is 2.37. The summed E-state index contributed by atoms with van der Waals surface area (Å²) in [4.78, 5) is 24.3. The second-order valence-corrected chi connectivity index (χ2v) is 4.85. The van der Waals surface area contributed by atoms with Crippen molar-refractivity contribution in [1.82, 2.24) is 10.2 Å². The number of nitrogens with zero attached hydrogens (tertiary/aromatic N) is 1. The normalized spacial score (nSPS) is 19.6. The third-order valence-electron chi connectivity index (χ3n) is 3.39. The van der Waals surface area contributed by atoms with Crippen LogP contribution in [-0.2, 0) is 9.59 Å². The average molecular weight is 242 g/mol. The van der Waals surface area contributed by atoms with Gasteiger partial charge < -0.3 is 15.3 Å². The molecule has 17 heavy (non-hydrogen) atoms. The molecule has 0 spiro atoms. The van der Waals surface area contributed by atoms with Crippen LogP contribution in [0.3, 0.4) is 0 Å². The standard InChI is InChI=1S/C12H22N2O3/c1-4-13-8(2)5-11(15)14-6-10(7-14)9(3)12(16)17/h8-10,13H,4-7H2,1-3H3,(H,16,17). The minimum atomic E-state index is -0.775. The number of amides is 1. The van der Waals surface area contributed by atoms with Crippen molar-refractivity contribution in [2.45, 2.75) is 33.2 Å². The molecular formula is C12H22N2O3. The first kappa shape index (κ1) is 14.0. The Bertz CT molecular complexity index is 287. The molecule has 1 aliphatic rings. The Kier molecular flexibility index (Phi) is 4.93. The zero-order valence-electron chi connectivity index (χ0n) is 10.8. The number of hydrogen-bond acceptors (Lipinski definition) is 3. The number of nitrogens with one attached hydrogen (secondary N) is 1. The van der Waals surface area contributed by atoms with E-state index in [0.29, 0.717) is 19.5 Å². The van der Waals surface area contributed by atoms with E-state index in [-0.39, 0.29) is 23.8 Å². The number of carboxylic acids is 1. The molecule has 1 aliphatic heterocycles. The van der Waals surface area contributed by atoms with Crippen LogP contribution >= 0.6 is 0 Å². The van der Waals surface area contributed by atoms with Gasteiger partial charge in [-0.05, 0) is 13.5 Å². The second-order valence-electron chi connectivity index (χ2n) is 4.85. The molecule has 5 heteroatoms. The Morgan fingerprint density at radius 3 is 2.47 bits per heavy atom. The molecule has 0 aromatic rings. The van der Waals surface area contributed by atoms with Crippen LogP contribution in [0.25, 0.3) is 0 Å². The number of aliphatic carboxylic acids is 1. The molecule has 2 unspecified atom stereocenters. The van der Waals surface area contributed by atoms with Crippen LogP contribution < -0.4 is 5.32 Å². The number of carbonyl (C=O) groups excluding carboxylic acids is 1. The van der Waals surface area contributed by atoms with Gasteiger partial charge in [-0.25, -0.2) is 0 Å². The molecule has 0 bridgehead atoms. The molecule has 0 radical (unpaired) electrons. The van der Waals surface area contributed by atoms with Crippen molar-refractivity contribution in [2.24, 2.45) is 11.8 Å². The zero-order chi connectivity index (χ0) is 13.0. The third-order valence-corrected chi connectivity index (χ3v) is 3.39. The largest absolute Gasteiger partial charge is 0.481 e. The van der Waals surface area contributed by atoms with Crippen LogP contribution in [0.4, 0.5) is 0 Å². The SMILES string of the molecule is CCNC(C)CC(=O)N1CC(C(C)C(=O)O)C1. The number of carboxylic acid groups (broad SMARTS) is 1. The van der Waals surface area contributed by atoms with Crippen LogP contribution in [0.2, 0.25) is 0 Å². The monoisotopic (exact) mass is 242 g/mol. The topological polar surface area (TPSA) is 69.6 Å². The van der Waals surface area contributed by atoms with Gasteiger partial charge in [-0.1, -0.05) is 13.8 Å². The highest BCUT2D eigenvalue weighted by atomic mass is 16.4. The van der Waals surface area contributed by atoms with E-state index in [9.17, 15) is 9.59 Å². The highest BCUT2D eigenvalue weighted by Crippen LogP contribution is 2.24. The van der Waals surface area contributed by atoms with Crippen LogP contribution in [0.1, 0.15) is 27.2 Å². The van der Waals surface area contributed by atoms with Crippen molar-refractivity contribution in [1.29, 1.82) is 0 Å². The van der Waals surface area contributed by atoms with Gasteiger partial charge in [0, 0.05) is 31.5 Å². The molecule has 5 nitrogen and oxygen atoms in total. The van der Waals surface area contributed by atoms with Gasteiger partial charge in [0.25, 0.3) is 0 Å². The lowest BCUT2D eigenvalue weighted by Gasteiger charge is -2.41. The molecule has 0 aromatic heterocycles. The fraction of sp³-hybridized carbons (Fsp3) is 0.833. The maximum atomic E-state index is 11.8. The van der Waals surface area contributed by atoms with Crippen LogP contribution in [0, 0.1) is 11.8 Å². The zero-order valence-corrected chi connectivity index (χ0v) is 10.8. The maximum Gasteiger partial charge on any atom is 0.306 e. The molecule has 1 amide bonds. The van der Waals surface area contributed by atoms with Crippen LogP contribution in [0.5, 0.6) is 0 Å². The van der Waals surface area contributed by atoms with E-state index in [1.807, 2.05) is 13.8 Å². The summed E-state index contributed by atoms with van der Waals surface area (Å²) in [6, 6.07) is 0.184. The van der Waals surface area contributed by atoms with E-state index < -0.39 is 5.97 Å². The van der Waals surface area contributed by atoms with Gasteiger partial charge in [0.2, 0.25) is 5.91 Å². The first-order valence-electron chi connectivity index (χ1n) is 6.19. The predicted molar refractivity (Wildman–Crippen MR) is 64.6 cm³/mol. The molecule has 0 aromatic carbocycles. The summed E-state index contributed by atoms with van der Waals surface area (Å²) in [5.41, 5.74) is 0. The maximum absolute atomic E-state index is 11.8. The van der Waals surface area contributed by atoms with E-state index in [1.54, 1.807) is 11.8 Å². The van der Waals surface area contributed by atoms with Gasteiger partial charge >= 0.3 is 5.97 Å². The number of rotatable bonds is 6. The van der Waals surface area contributed by atoms with Gasteiger partial charge in [0.05, 0.1) is 5.92 Å². The third kappa shape index (κ3) is 3.70. The lowest BCUT2D eigenvalue weighted by atomic mass is 9.87. The van der Waals surface area contributed by atoms with Crippen molar-refractivity contribution >= 4 is 11.9 Å². The molecule has 2 atom stereocenters. The van der Waals surface area contributed by atoms with Crippen molar-refractivity contribution in [3.05, 3.63) is 0 Å². The molecule has 1 saturated heterocycles. The van der Waals surface area contributed by atoms with E-state index >= 15 is 0 Å². The summed E-state index contributed by atoms with van der Waals surface area (Å²) >= 11 is 0. The molecular weight excluding hydrogens is 220 g/mol. The van der Waals surface area contributed by atoms with Gasteiger partial charge in [-0.15, -0.1) is 0 Å². The van der Waals surface area contributed by atoms with Crippen LogP contribution in [-0.4, -0.2) is 47.6 Å². The minimum Gasteiger partial charge on any atom is -0.481 e. The first-order chi connectivity index (χ1) is 7.95. The molecule has 1 heterocycles. The Balaban J connectivity index is 2.28. The summed E-state index contributed by atoms with van der Waals surface area (Å²) in [5, 5.41) is 12.0. The van der Waals surface area contributed by atoms with Gasteiger partial charge in [0.15, 0.2) is 0 Å². The first-order valence-corrected chi connectivity index (χ1v) is 6.19. The second kappa shape index (κ2) is 6.00. The number of likely N-dealkylation sites (tertiary alicyclic amines) is 1. The summed E-state index contributed by atoms with van der Waals surface area (Å²) in [6.07, 6.45) is 0.488. The smallest absolute Gasteiger partial charge is 0.306 e. The molecule has 0 saturated carbocycles. The molecule has 0 aliphatic carbocycles. The van der Waals surface area contributed by atoms with Crippen LogP contribution in [0.15, 0.2) is 0 Å². The van der Waals surface area contributed by atoms with E-state index in [0.717, 1.165) is 6.54 Å². The fourth-order valence-corrected chi connectivity index (χ4v) is 2.05. The minimum absolute atomic E-state index is 0.117. The Hall–Kier alpha value is -1.10. The van der Waals surface area contributed by atoms with E-state index in [4.69, 9.17) is 5.11 Å². The molecule has 98 valence electrons. The van der Waals surface area contributed by atoms with Gasteiger partial charge in [-0.3, -0.25) is 9.59 Å². The molecule has 2 N–H and O–H groups in total. The quantitative estimate of drug-likeness (QED) is 0.714. The van der Waals surface area contributed by atoms with Gasteiger partial charge in [0.1, 0.15) is 0 Å². The lowest BCUT2D eigenvalue weighted by molar-refractivity contribution is -0.150. The molecule has 1 rings (SSSR count). The predicted octanol–water partition coefficient (Wildman–Crippen LogP) is 0.554. The summed E-state index contributed by atoms with van der Waals surface area (Å²) < 4.78 is 0. The molecule has 1 fully saturated rings. The fourth-order valence-electron chi connectivity index (χ4n) is 2.05. The number of hydrogen-bond donors (Lipinski definition) is 2. The van der Waals surface area contributed by atoms with E-state index in [1.165, 1.54) is 0 Å². The van der Waals surface area contributed by atoms with Crippen molar-refractivity contribution in [3.8, 4) is 0 Å². The van der Waals surface area contributed by atoms with E-state index in [2.05, 4.69) is 5.32 Å². The summed E-state index contributed by atoms with van der Waals surface area (Å²) in [6.45, 7) is 7.73. The van der Waals surface area contributed by atoms with Crippen molar-refractivity contribution in [3.63, 3.8) is 0 Å².